The van der Waals surface area contributed by atoms with Gasteiger partial charge < -0.3 is 14.8 Å². The molecule has 5 nitrogen and oxygen atoms in total. The van der Waals surface area contributed by atoms with Crippen LogP contribution in [-0.2, 0) is 4.79 Å². The number of nitrogens with one attached hydrogen (secondary N) is 1. The first kappa shape index (κ1) is 20.2. The summed E-state index contributed by atoms with van der Waals surface area (Å²) in [7, 11) is 0. The molecule has 0 saturated heterocycles. The van der Waals surface area contributed by atoms with Crippen LogP contribution in [0.15, 0.2) is 48.5 Å². The van der Waals surface area contributed by atoms with Crippen LogP contribution < -0.4 is 14.8 Å². The number of aryl methyl sites for hydroxylation is 1. The predicted octanol–water partition coefficient (Wildman–Crippen LogP) is 5.85. The van der Waals surface area contributed by atoms with Crippen molar-refractivity contribution in [2.45, 2.75) is 58.6 Å². The first-order chi connectivity index (χ1) is 14.5. The summed E-state index contributed by atoms with van der Waals surface area (Å²) in [5.41, 5.74) is 2.93. The van der Waals surface area contributed by atoms with Crippen LogP contribution >= 0.6 is 0 Å². The first-order valence-corrected chi connectivity index (χ1v) is 10.7. The quantitative estimate of drug-likeness (QED) is 0.536. The fourth-order valence-corrected chi connectivity index (χ4v) is 3.48. The van der Waals surface area contributed by atoms with Gasteiger partial charge in [0.05, 0.1) is 17.7 Å². The number of carbonyl (C=O) groups is 1. The van der Waals surface area contributed by atoms with Gasteiger partial charge in [-0.15, -0.1) is 0 Å². The minimum Gasteiger partial charge on any atom is -0.490 e. The zero-order valence-electron chi connectivity index (χ0n) is 17.8. The van der Waals surface area contributed by atoms with E-state index in [9.17, 15) is 4.79 Å². The van der Waals surface area contributed by atoms with Crippen LogP contribution in [0.2, 0.25) is 0 Å². The molecule has 30 heavy (non-hydrogen) atoms. The highest BCUT2D eigenvalue weighted by Crippen LogP contribution is 2.31. The Kier molecular flexibility index (Phi) is 5.88. The average Bonchev–Trinajstić information content (AvgIpc) is 2.72. The Morgan fingerprint density at radius 3 is 2.70 bits per heavy atom. The number of hydrogen-bond acceptors (Lipinski definition) is 4. The molecule has 0 radical (unpaired) electrons. The molecule has 0 bridgehead atoms. The highest BCUT2D eigenvalue weighted by Gasteiger charge is 2.19. The standard InChI is InChI=1S/C25H28N2O3/c1-4-24(28)26-17(3)18-8-11-22-19(15-18)9-13-25(27-22)30-23-12-10-21(14-16(23)2)29-20-6-5-7-20/h8-15,17,20H,4-7H2,1-3H3,(H,26,28). The molecular weight excluding hydrogens is 376 g/mol. The van der Waals surface area contributed by atoms with Gasteiger partial charge in [-0.25, -0.2) is 4.98 Å². The lowest BCUT2D eigenvalue weighted by Crippen LogP contribution is -2.25. The van der Waals surface area contributed by atoms with E-state index in [-0.39, 0.29) is 11.9 Å². The number of hydrogen-bond donors (Lipinski definition) is 1. The Bertz CT molecular complexity index is 1060. The number of ether oxygens (including phenoxy) is 2. The molecule has 1 heterocycles. The van der Waals surface area contributed by atoms with Crippen LogP contribution in [0.4, 0.5) is 0 Å². The summed E-state index contributed by atoms with van der Waals surface area (Å²) in [5, 5.41) is 4.00. The topological polar surface area (TPSA) is 60.5 Å². The summed E-state index contributed by atoms with van der Waals surface area (Å²) < 4.78 is 12.0. The number of benzene rings is 2. The highest BCUT2D eigenvalue weighted by molar-refractivity contribution is 5.80. The van der Waals surface area contributed by atoms with Crippen LogP contribution in [0.25, 0.3) is 10.9 Å². The summed E-state index contributed by atoms with van der Waals surface area (Å²) >= 11 is 0. The summed E-state index contributed by atoms with van der Waals surface area (Å²) in [4.78, 5) is 16.3. The molecule has 156 valence electrons. The maximum Gasteiger partial charge on any atom is 0.220 e. The minimum atomic E-state index is -0.0407. The van der Waals surface area contributed by atoms with Gasteiger partial charge in [-0.3, -0.25) is 4.79 Å². The number of pyridine rings is 1. The lowest BCUT2D eigenvalue weighted by atomic mass is 9.96. The van der Waals surface area contributed by atoms with Crippen molar-refractivity contribution >= 4 is 16.8 Å². The third-order valence-electron chi connectivity index (χ3n) is 5.60. The summed E-state index contributed by atoms with van der Waals surface area (Å²) in [5.74, 6) is 2.27. The van der Waals surface area contributed by atoms with Crippen molar-refractivity contribution in [1.29, 1.82) is 0 Å². The molecule has 5 heteroatoms. The zero-order valence-corrected chi connectivity index (χ0v) is 17.8. The van der Waals surface area contributed by atoms with Gasteiger partial charge in [-0.05, 0) is 80.6 Å². The Hall–Kier alpha value is -3.08. The smallest absolute Gasteiger partial charge is 0.220 e. The number of fused-ring (bicyclic) bond motifs is 1. The zero-order chi connectivity index (χ0) is 21.1. The van der Waals surface area contributed by atoms with E-state index in [2.05, 4.69) is 16.4 Å². The molecule has 1 aliphatic carbocycles. The molecular formula is C25H28N2O3. The Morgan fingerprint density at radius 2 is 2.00 bits per heavy atom. The second-order valence-corrected chi connectivity index (χ2v) is 7.94. The van der Waals surface area contributed by atoms with E-state index in [0.29, 0.717) is 18.4 Å². The molecule has 4 rings (SSSR count). The normalized spacial score (nSPS) is 14.8. The molecule has 1 atom stereocenters. The molecule has 0 spiro atoms. The second-order valence-electron chi connectivity index (χ2n) is 7.94. The van der Waals surface area contributed by atoms with Gasteiger partial charge in [0.25, 0.3) is 0 Å². The van der Waals surface area contributed by atoms with Crippen molar-refractivity contribution in [2.24, 2.45) is 0 Å². The van der Waals surface area contributed by atoms with E-state index >= 15 is 0 Å². The number of carbonyl (C=O) groups excluding carboxylic acids is 1. The third kappa shape index (κ3) is 4.56. The van der Waals surface area contributed by atoms with Crippen molar-refractivity contribution in [3.63, 3.8) is 0 Å². The number of rotatable bonds is 7. The van der Waals surface area contributed by atoms with Gasteiger partial charge in [0.2, 0.25) is 11.8 Å². The molecule has 1 N–H and O–H groups in total. The lowest BCUT2D eigenvalue weighted by Gasteiger charge is -2.26. The van der Waals surface area contributed by atoms with E-state index in [1.807, 2.05) is 63.2 Å². The van der Waals surface area contributed by atoms with Crippen molar-refractivity contribution in [3.8, 4) is 17.4 Å². The van der Waals surface area contributed by atoms with Crippen LogP contribution in [-0.4, -0.2) is 17.0 Å². The highest BCUT2D eigenvalue weighted by atomic mass is 16.5. The number of nitrogens with zero attached hydrogens (tertiary/aromatic N) is 1. The molecule has 1 unspecified atom stereocenters. The van der Waals surface area contributed by atoms with Crippen molar-refractivity contribution in [1.82, 2.24) is 10.3 Å². The predicted molar refractivity (Wildman–Crippen MR) is 118 cm³/mol. The van der Waals surface area contributed by atoms with Gasteiger partial charge in [-0.1, -0.05) is 13.0 Å². The van der Waals surface area contributed by atoms with Crippen LogP contribution in [0, 0.1) is 6.92 Å². The van der Waals surface area contributed by atoms with Crippen LogP contribution in [0.5, 0.6) is 17.4 Å². The fourth-order valence-electron chi connectivity index (χ4n) is 3.48. The molecule has 1 amide bonds. The summed E-state index contributed by atoms with van der Waals surface area (Å²) in [6.45, 7) is 5.85. The van der Waals surface area contributed by atoms with Crippen molar-refractivity contribution in [3.05, 3.63) is 59.7 Å². The van der Waals surface area contributed by atoms with E-state index < -0.39 is 0 Å². The number of aromatic nitrogens is 1. The fraction of sp³-hybridized carbons (Fsp3) is 0.360. The van der Waals surface area contributed by atoms with Gasteiger partial charge >= 0.3 is 0 Å². The molecule has 2 aromatic carbocycles. The van der Waals surface area contributed by atoms with Gasteiger partial charge in [-0.2, -0.15) is 0 Å². The Labute approximate surface area is 177 Å². The first-order valence-electron chi connectivity index (χ1n) is 10.7. The van der Waals surface area contributed by atoms with Gasteiger partial charge in [0.15, 0.2) is 0 Å². The lowest BCUT2D eigenvalue weighted by molar-refractivity contribution is -0.121. The molecule has 1 aliphatic rings. The Balaban J connectivity index is 1.48. The molecule has 1 aromatic heterocycles. The van der Waals surface area contributed by atoms with E-state index in [1.54, 1.807) is 0 Å². The third-order valence-corrected chi connectivity index (χ3v) is 5.60. The molecule has 1 fully saturated rings. The maximum atomic E-state index is 11.6. The largest absolute Gasteiger partial charge is 0.490 e. The average molecular weight is 405 g/mol. The van der Waals surface area contributed by atoms with Gasteiger partial charge in [0.1, 0.15) is 11.5 Å². The maximum absolute atomic E-state index is 11.6. The molecule has 3 aromatic rings. The van der Waals surface area contributed by atoms with E-state index in [4.69, 9.17) is 9.47 Å². The second kappa shape index (κ2) is 8.74. The SMILES string of the molecule is CCC(=O)NC(C)c1ccc2nc(Oc3ccc(OC4CCC4)cc3C)ccc2c1. The summed E-state index contributed by atoms with van der Waals surface area (Å²) in [6, 6.07) is 15.8. The van der Waals surface area contributed by atoms with Gasteiger partial charge in [0, 0.05) is 17.9 Å². The summed E-state index contributed by atoms with van der Waals surface area (Å²) in [6.07, 6.45) is 4.38. The number of amides is 1. The van der Waals surface area contributed by atoms with Crippen LogP contribution in [0.1, 0.15) is 56.7 Å². The Morgan fingerprint density at radius 1 is 1.17 bits per heavy atom. The van der Waals surface area contributed by atoms with Crippen molar-refractivity contribution < 1.29 is 14.3 Å². The van der Waals surface area contributed by atoms with Crippen molar-refractivity contribution in [2.75, 3.05) is 0 Å². The van der Waals surface area contributed by atoms with E-state index in [0.717, 1.165) is 46.4 Å². The minimum absolute atomic E-state index is 0.0407. The van der Waals surface area contributed by atoms with Crippen LogP contribution in [0.3, 0.4) is 0 Å². The molecule has 0 aliphatic heterocycles. The molecule has 1 saturated carbocycles. The monoisotopic (exact) mass is 404 g/mol. The van der Waals surface area contributed by atoms with E-state index in [1.165, 1.54) is 6.42 Å².